The van der Waals surface area contributed by atoms with Crippen molar-refractivity contribution in [2.24, 2.45) is 0 Å². The summed E-state index contributed by atoms with van der Waals surface area (Å²) in [5.41, 5.74) is 0.462. The molecule has 2 unspecified atom stereocenters. The van der Waals surface area contributed by atoms with Gasteiger partial charge in [0.1, 0.15) is 11.6 Å². The van der Waals surface area contributed by atoms with Gasteiger partial charge in [0.05, 0.1) is 6.54 Å². The van der Waals surface area contributed by atoms with Crippen molar-refractivity contribution >= 4 is 16.8 Å². The molecule has 3 nitrogen and oxygen atoms in total. The summed E-state index contributed by atoms with van der Waals surface area (Å²) in [7, 11) is 0. The summed E-state index contributed by atoms with van der Waals surface area (Å²) in [6.45, 7) is 2.94. The number of benzene rings is 1. The maximum Gasteiger partial charge on any atom is 0.278 e. The van der Waals surface area contributed by atoms with E-state index in [9.17, 15) is 17.4 Å². The summed E-state index contributed by atoms with van der Waals surface area (Å²) in [5.74, 6) is -4.85. The Morgan fingerprint density at radius 2 is 1.90 bits per heavy atom. The molecule has 20 heavy (non-hydrogen) atoms. The quantitative estimate of drug-likeness (QED) is 0.786. The zero-order valence-corrected chi connectivity index (χ0v) is 12.2. The molecule has 1 aromatic carbocycles. The minimum absolute atomic E-state index is 0.196. The fraction of sp³-hybridized carbons (Fsp3) is 0.538. The van der Waals surface area contributed by atoms with Crippen molar-refractivity contribution < 1.29 is 21.9 Å². The lowest BCUT2D eigenvalue weighted by Crippen LogP contribution is -2.44. The van der Waals surface area contributed by atoms with Crippen LogP contribution in [-0.4, -0.2) is 33.0 Å². The van der Waals surface area contributed by atoms with Gasteiger partial charge < -0.3 is 9.45 Å². The van der Waals surface area contributed by atoms with Crippen molar-refractivity contribution in [1.29, 1.82) is 0 Å². The third-order valence-corrected chi connectivity index (χ3v) is 3.69. The van der Waals surface area contributed by atoms with Gasteiger partial charge in [0.2, 0.25) is 0 Å². The van der Waals surface area contributed by atoms with Gasteiger partial charge in [-0.05, 0) is 37.6 Å². The van der Waals surface area contributed by atoms with Crippen LogP contribution in [0.5, 0.6) is 0 Å². The second kappa shape index (κ2) is 7.08. The average molecular weight is 309 g/mol. The summed E-state index contributed by atoms with van der Waals surface area (Å²) < 4.78 is 59.5. The lowest BCUT2D eigenvalue weighted by Gasteiger charge is -2.33. The largest absolute Gasteiger partial charge is 0.363 e. The van der Waals surface area contributed by atoms with Gasteiger partial charge in [0.15, 0.2) is 11.1 Å². The van der Waals surface area contributed by atoms with E-state index in [2.05, 4.69) is 0 Å². The number of rotatable bonds is 7. The van der Waals surface area contributed by atoms with E-state index < -0.39 is 35.1 Å². The lowest BCUT2D eigenvalue weighted by molar-refractivity contribution is 0.0316. The van der Waals surface area contributed by atoms with E-state index in [1.165, 1.54) is 29.2 Å². The topological polar surface area (TPSA) is 40.5 Å². The number of hydrogen-bond acceptors (Lipinski definition) is 2. The molecule has 1 N–H and O–H groups in total. The van der Waals surface area contributed by atoms with Crippen LogP contribution in [0.2, 0.25) is 0 Å². The molecule has 0 saturated carbocycles. The Morgan fingerprint density at radius 3 is 2.35 bits per heavy atom. The van der Waals surface area contributed by atoms with Gasteiger partial charge in [0.25, 0.3) is 5.92 Å². The Labute approximate surface area is 119 Å². The highest BCUT2D eigenvalue weighted by atomic mass is 32.2. The molecule has 0 saturated heterocycles. The predicted molar refractivity (Wildman–Crippen MR) is 74.1 cm³/mol. The number of hydrogen-bond donors (Lipinski definition) is 1. The average Bonchev–Trinajstić information content (AvgIpc) is 2.35. The van der Waals surface area contributed by atoms with Gasteiger partial charge in [0, 0.05) is 11.7 Å². The molecule has 0 aliphatic rings. The zero-order chi connectivity index (χ0) is 15.3. The van der Waals surface area contributed by atoms with Crippen LogP contribution in [0.25, 0.3) is 0 Å². The molecule has 0 amide bonds. The molecular formula is C13H18F3NO2S. The molecule has 0 fully saturated rings. The van der Waals surface area contributed by atoms with E-state index >= 15 is 0 Å². The number of nitrogens with zero attached hydrogens (tertiary/aromatic N) is 1. The molecule has 0 radical (unpaired) electrons. The van der Waals surface area contributed by atoms with Crippen molar-refractivity contribution in [3.05, 3.63) is 30.1 Å². The second-order valence-corrected chi connectivity index (χ2v) is 5.62. The van der Waals surface area contributed by atoms with E-state index in [4.69, 9.17) is 4.55 Å². The van der Waals surface area contributed by atoms with Crippen LogP contribution < -0.4 is 4.90 Å². The number of halogens is 3. The Kier molecular flexibility index (Phi) is 6.01. The summed E-state index contributed by atoms with van der Waals surface area (Å²) >= 11 is -2.56. The standard InChI is InChI=1S/C13H18F3NO2S/c1-3-10(2)17(8-13(15,16)9-20(18)19)12-6-4-11(14)5-7-12/h4-7,10H,3,8-9H2,1-2H3,(H,18,19). The molecule has 2 atom stereocenters. The Bertz CT molecular complexity index is 453. The maximum atomic E-state index is 13.7. The summed E-state index contributed by atoms with van der Waals surface area (Å²) in [4.78, 5) is 1.42. The van der Waals surface area contributed by atoms with Gasteiger partial charge >= 0.3 is 0 Å². The first-order valence-electron chi connectivity index (χ1n) is 6.22. The highest BCUT2D eigenvalue weighted by Crippen LogP contribution is 2.25. The first kappa shape index (κ1) is 17.0. The van der Waals surface area contributed by atoms with E-state index in [0.717, 1.165) is 0 Å². The van der Waals surface area contributed by atoms with Gasteiger partial charge in [-0.2, -0.15) is 0 Å². The van der Waals surface area contributed by atoms with Crippen LogP contribution >= 0.6 is 0 Å². The van der Waals surface area contributed by atoms with Crippen LogP contribution in [0.15, 0.2) is 24.3 Å². The molecule has 0 aliphatic carbocycles. The minimum Gasteiger partial charge on any atom is -0.363 e. The highest BCUT2D eigenvalue weighted by molar-refractivity contribution is 7.79. The molecule has 1 aromatic rings. The third kappa shape index (κ3) is 5.13. The van der Waals surface area contributed by atoms with Crippen LogP contribution in [-0.2, 0) is 11.1 Å². The van der Waals surface area contributed by atoms with Gasteiger partial charge in [-0.3, -0.25) is 0 Å². The normalized spacial score (nSPS) is 14.9. The molecule has 0 heterocycles. The molecule has 0 spiro atoms. The van der Waals surface area contributed by atoms with E-state index in [-0.39, 0.29) is 6.04 Å². The monoisotopic (exact) mass is 309 g/mol. The first-order chi connectivity index (χ1) is 9.25. The molecule has 0 bridgehead atoms. The molecule has 114 valence electrons. The van der Waals surface area contributed by atoms with Gasteiger partial charge in [-0.1, -0.05) is 6.92 Å². The van der Waals surface area contributed by atoms with E-state index in [1.807, 2.05) is 6.92 Å². The number of anilines is 1. The Balaban J connectivity index is 2.95. The van der Waals surface area contributed by atoms with Crippen LogP contribution in [0.4, 0.5) is 18.9 Å². The van der Waals surface area contributed by atoms with Crippen LogP contribution in [0, 0.1) is 5.82 Å². The van der Waals surface area contributed by atoms with Crippen molar-refractivity contribution in [2.75, 3.05) is 17.2 Å². The van der Waals surface area contributed by atoms with Crippen LogP contribution in [0.3, 0.4) is 0 Å². The molecule has 0 aromatic heterocycles. The summed E-state index contributed by atoms with van der Waals surface area (Å²) in [5, 5.41) is 0. The first-order valence-corrected chi connectivity index (χ1v) is 7.50. The highest BCUT2D eigenvalue weighted by Gasteiger charge is 2.35. The van der Waals surface area contributed by atoms with Crippen molar-refractivity contribution in [3.8, 4) is 0 Å². The second-order valence-electron chi connectivity index (χ2n) is 4.68. The van der Waals surface area contributed by atoms with Gasteiger partial charge in [-0.15, -0.1) is 0 Å². The maximum absolute atomic E-state index is 13.7. The molecule has 1 rings (SSSR count). The molecule has 0 aliphatic heterocycles. The zero-order valence-electron chi connectivity index (χ0n) is 11.4. The smallest absolute Gasteiger partial charge is 0.278 e. The molecule has 7 heteroatoms. The fourth-order valence-corrected chi connectivity index (χ4v) is 2.28. The van der Waals surface area contributed by atoms with Crippen molar-refractivity contribution in [1.82, 2.24) is 0 Å². The fourth-order valence-electron chi connectivity index (χ4n) is 1.83. The van der Waals surface area contributed by atoms with Crippen molar-refractivity contribution in [3.63, 3.8) is 0 Å². The Morgan fingerprint density at radius 1 is 1.35 bits per heavy atom. The summed E-state index contributed by atoms with van der Waals surface area (Å²) in [6.07, 6.45) is 0.621. The lowest BCUT2D eigenvalue weighted by atomic mass is 10.1. The summed E-state index contributed by atoms with van der Waals surface area (Å²) in [6, 6.07) is 5.06. The van der Waals surface area contributed by atoms with Crippen LogP contribution in [0.1, 0.15) is 20.3 Å². The number of alkyl halides is 2. The predicted octanol–water partition coefficient (Wildman–Crippen LogP) is 3.29. The van der Waals surface area contributed by atoms with E-state index in [1.54, 1.807) is 6.92 Å². The van der Waals surface area contributed by atoms with Crippen molar-refractivity contribution in [2.45, 2.75) is 32.2 Å². The minimum atomic E-state index is -3.29. The van der Waals surface area contributed by atoms with Gasteiger partial charge in [-0.25, -0.2) is 17.4 Å². The third-order valence-electron chi connectivity index (χ3n) is 3.02. The van der Waals surface area contributed by atoms with E-state index in [0.29, 0.717) is 12.1 Å². The molecular weight excluding hydrogens is 291 g/mol. The SMILES string of the molecule is CCC(C)N(CC(F)(F)CS(=O)O)c1ccc(F)cc1. The Hall–Kier alpha value is -1.08.